The predicted molar refractivity (Wildman–Crippen MR) is 87.9 cm³/mol. The fraction of sp³-hybridized carbons (Fsp3) is 0.789. The van der Waals surface area contributed by atoms with Crippen LogP contribution in [0.25, 0.3) is 0 Å². The van der Waals surface area contributed by atoms with Crippen LogP contribution in [0.1, 0.15) is 58.8 Å². The minimum Gasteiger partial charge on any atom is -0.392 e. The van der Waals surface area contributed by atoms with E-state index in [0.29, 0.717) is 17.8 Å². The Hall–Kier alpha value is -0.600. The highest BCUT2D eigenvalue weighted by Gasteiger charge is 2.44. The highest BCUT2D eigenvalue weighted by molar-refractivity contribution is 5.15. The van der Waals surface area contributed by atoms with Gasteiger partial charge in [-0.1, -0.05) is 57.4 Å². The Kier molecular flexibility index (Phi) is 6.07. The lowest BCUT2D eigenvalue weighted by Crippen LogP contribution is -2.18. The molecule has 0 aromatic carbocycles. The molecule has 2 saturated carbocycles. The van der Waals surface area contributed by atoms with Crippen LogP contribution in [0, 0.1) is 23.7 Å². The van der Waals surface area contributed by atoms with E-state index >= 15 is 0 Å². The number of aliphatic hydroxyl groups is 2. The fourth-order valence-electron chi connectivity index (χ4n) is 4.26. The summed E-state index contributed by atoms with van der Waals surface area (Å²) in [6, 6.07) is 0. The van der Waals surface area contributed by atoms with Crippen molar-refractivity contribution >= 4 is 0 Å². The van der Waals surface area contributed by atoms with Gasteiger partial charge in [-0.25, -0.2) is 0 Å². The molecule has 2 heteroatoms. The zero-order chi connectivity index (χ0) is 15.4. The van der Waals surface area contributed by atoms with Crippen molar-refractivity contribution in [2.75, 3.05) is 0 Å². The van der Waals surface area contributed by atoms with E-state index in [2.05, 4.69) is 26.5 Å². The summed E-state index contributed by atoms with van der Waals surface area (Å²) in [5.74, 6) is 1.95. The molecule has 0 aliphatic heterocycles. The average Bonchev–Trinajstić information content (AvgIpc) is 2.89. The van der Waals surface area contributed by atoms with E-state index in [1.54, 1.807) is 0 Å². The van der Waals surface area contributed by atoms with Crippen LogP contribution in [0.4, 0.5) is 0 Å². The molecule has 2 N–H and O–H groups in total. The third-order valence-corrected chi connectivity index (χ3v) is 5.41. The third-order valence-electron chi connectivity index (χ3n) is 5.41. The van der Waals surface area contributed by atoms with Gasteiger partial charge in [0.25, 0.3) is 0 Å². The quantitative estimate of drug-likeness (QED) is 0.694. The summed E-state index contributed by atoms with van der Waals surface area (Å²) in [5.41, 5.74) is 1.34. The molecule has 2 aliphatic carbocycles. The number of unbranched alkanes of at least 4 members (excludes halogenated alkanes) is 1. The van der Waals surface area contributed by atoms with Gasteiger partial charge in [0.2, 0.25) is 0 Å². The lowest BCUT2D eigenvalue weighted by Gasteiger charge is -2.18. The fourth-order valence-corrected chi connectivity index (χ4v) is 4.26. The van der Waals surface area contributed by atoms with Crippen molar-refractivity contribution < 1.29 is 10.2 Å². The van der Waals surface area contributed by atoms with Gasteiger partial charge in [-0.3, -0.25) is 0 Å². The van der Waals surface area contributed by atoms with Crippen molar-refractivity contribution in [2.24, 2.45) is 23.7 Å². The van der Waals surface area contributed by atoms with E-state index in [1.807, 2.05) is 6.08 Å². The van der Waals surface area contributed by atoms with Crippen LogP contribution in [0.15, 0.2) is 24.3 Å². The monoisotopic (exact) mass is 292 g/mol. The number of allylic oxidation sites excluding steroid dienone is 1. The molecular weight excluding hydrogens is 260 g/mol. The van der Waals surface area contributed by atoms with E-state index in [4.69, 9.17) is 0 Å². The van der Waals surface area contributed by atoms with Crippen LogP contribution in [0.5, 0.6) is 0 Å². The first kappa shape index (κ1) is 16.8. The van der Waals surface area contributed by atoms with Gasteiger partial charge in [0, 0.05) is 5.92 Å². The largest absolute Gasteiger partial charge is 0.392 e. The Morgan fingerprint density at radius 3 is 2.86 bits per heavy atom. The van der Waals surface area contributed by atoms with Crippen LogP contribution in [0.3, 0.4) is 0 Å². The van der Waals surface area contributed by atoms with Gasteiger partial charge in [0.1, 0.15) is 0 Å². The van der Waals surface area contributed by atoms with Crippen molar-refractivity contribution in [3.63, 3.8) is 0 Å². The Balaban J connectivity index is 1.83. The molecule has 0 spiro atoms. The Morgan fingerprint density at radius 2 is 2.14 bits per heavy atom. The normalized spacial score (nSPS) is 35.3. The maximum atomic E-state index is 10.2. The summed E-state index contributed by atoms with van der Waals surface area (Å²) >= 11 is 0. The molecule has 0 radical (unpaired) electrons. The predicted octanol–water partition coefficient (Wildman–Crippen LogP) is 4.08. The molecule has 2 rings (SSSR count). The Labute approximate surface area is 130 Å². The van der Waals surface area contributed by atoms with Gasteiger partial charge >= 0.3 is 0 Å². The van der Waals surface area contributed by atoms with Crippen LogP contribution in [-0.4, -0.2) is 22.4 Å². The molecule has 21 heavy (non-hydrogen) atoms. The highest BCUT2D eigenvalue weighted by atomic mass is 16.3. The molecule has 2 aliphatic rings. The van der Waals surface area contributed by atoms with Crippen molar-refractivity contribution in [3.05, 3.63) is 24.3 Å². The first-order valence-electron chi connectivity index (χ1n) is 8.72. The Morgan fingerprint density at radius 1 is 1.38 bits per heavy atom. The van der Waals surface area contributed by atoms with Crippen LogP contribution >= 0.6 is 0 Å². The summed E-state index contributed by atoms with van der Waals surface area (Å²) in [6.45, 7) is 8.53. The second kappa shape index (κ2) is 7.60. The summed E-state index contributed by atoms with van der Waals surface area (Å²) in [7, 11) is 0. The van der Waals surface area contributed by atoms with Gasteiger partial charge < -0.3 is 10.2 Å². The van der Waals surface area contributed by atoms with Gasteiger partial charge in [-0.15, -0.1) is 0 Å². The van der Waals surface area contributed by atoms with Crippen LogP contribution in [0.2, 0.25) is 0 Å². The first-order chi connectivity index (χ1) is 10.0. The average molecular weight is 292 g/mol. The maximum absolute atomic E-state index is 10.2. The molecule has 0 amide bonds. The topological polar surface area (TPSA) is 40.5 Å². The van der Waals surface area contributed by atoms with Crippen LogP contribution in [-0.2, 0) is 0 Å². The lowest BCUT2D eigenvalue weighted by molar-refractivity contribution is 0.138. The zero-order valence-electron chi connectivity index (χ0n) is 13.7. The molecule has 120 valence electrons. The number of rotatable bonds is 7. The smallest absolute Gasteiger partial charge is 0.0723 e. The third kappa shape index (κ3) is 4.43. The summed E-state index contributed by atoms with van der Waals surface area (Å²) in [5, 5.41) is 20.4. The molecule has 2 nitrogen and oxygen atoms in total. The van der Waals surface area contributed by atoms with Gasteiger partial charge in [-0.2, -0.15) is 0 Å². The van der Waals surface area contributed by atoms with Crippen molar-refractivity contribution in [3.8, 4) is 0 Å². The number of aliphatic hydroxyl groups excluding tert-OH is 2. The summed E-state index contributed by atoms with van der Waals surface area (Å²) < 4.78 is 0. The molecule has 2 fully saturated rings. The van der Waals surface area contributed by atoms with Gasteiger partial charge in [-0.05, 0) is 43.4 Å². The number of hydrogen-bond donors (Lipinski definition) is 2. The zero-order valence-corrected chi connectivity index (χ0v) is 13.7. The molecule has 0 bridgehead atoms. The van der Waals surface area contributed by atoms with Crippen molar-refractivity contribution in [2.45, 2.75) is 71.0 Å². The van der Waals surface area contributed by atoms with Crippen molar-refractivity contribution in [1.29, 1.82) is 0 Å². The van der Waals surface area contributed by atoms with Gasteiger partial charge in [0.05, 0.1) is 12.2 Å². The Bertz CT molecular complexity index is 374. The minimum atomic E-state index is -0.368. The minimum absolute atomic E-state index is 0.217. The van der Waals surface area contributed by atoms with Crippen LogP contribution < -0.4 is 0 Å². The van der Waals surface area contributed by atoms with E-state index in [9.17, 15) is 10.2 Å². The van der Waals surface area contributed by atoms with E-state index in [0.717, 1.165) is 25.7 Å². The molecule has 0 aromatic heterocycles. The molecular formula is C19H32O2. The van der Waals surface area contributed by atoms with Crippen molar-refractivity contribution in [1.82, 2.24) is 0 Å². The number of hydrogen-bond acceptors (Lipinski definition) is 2. The highest BCUT2D eigenvalue weighted by Crippen LogP contribution is 2.49. The second-order valence-corrected chi connectivity index (χ2v) is 7.40. The lowest BCUT2D eigenvalue weighted by atomic mass is 9.90. The number of fused-ring (bicyclic) bond motifs is 1. The van der Waals surface area contributed by atoms with E-state index in [-0.39, 0.29) is 18.1 Å². The molecule has 0 heterocycles. The maximum Gasteiger partial charge on any atom is 0.0723 e. The molecule has 6 atom stereocenters. The summed E-state index contributed by atoms with van der Waals surface area (Å²) in [4.78, 5) is 0. The molecule has 0 saturated heterocycles. The van der Waals surface area contributed by atoms with E-state index < -0.39 is 0 Å². The molecule has 0 unspecified atom stereocenters. The standard InChI is InChI=1S/C19H32O2/c1-4-5-6-13(2)10-16(20)7-8-17-18-11-14(3)9-15(18)12-19(17)21/h7-8,13,15-21H,3-6,9-12H2,1-2H3/b8-7+/t13-,15+,16-,17-,18-,19-/m1/s1. The second-order valence-electron chi connectivity index (χ2n) is 7.40. The molecule has 0 aromatic rings. The SMILES string of the molecule is C=C1C[C@H]2C[C@@H](O)[C@H](/C=C/[C@@H](O)C[C@H](C)CCCC)[C@@H]2C1. The van der Waals surface area contributed by atoms with E-state index in [1.165, 1.54) is 24.8 Å². The summed E-state index contributed by atoms with van der Waals surface area (Å²) in [6.07, 6.45) is 11.0. The van der Waals surface area contributed by atoms with Gasteiger partial charge in [0.15, 0.2) is 0 Å². The first-order valence-corrected chi connectivity index (χ1v) is 8.72.